The summed E-state index contributed by atoms with van der Waals surface area (Å²) in [5.41, 5.74) is 9.37. The van der Waals surface area contributed by atoms with Gasteiger partial charge in [0.05, 0.1) is 39.6 Å². The first-order valence-corrected chi connectivity index (χ1v) is 12.5. The van der Waals surface area contributed by atoms with Crippen molar-refractivity contribution in [3.63, 3.8) is 0 Å². The number of hydrogen-bond donors (Lipinski definition) is 3. The minimum absolute atomic E-state index is 0.104. The van der Waals surface area contributed by atoms with Gasteiger partial charge in [-0.15, -0.1) is 0 Å². The summed E-state index contributed by atoms with van der Waals surface area (Å²) in [6.07, 6.45) is 0. The van der Waals surface area contributed by atoms with Crippen LogP contribution in [0.5, 0.6) is 0 Å². The maximum Gasteiger partial charge on any atom is 0.319 e. The Labute approximate surface area is 217 Å². The second kappa shape index (κ2) is 14.6. The fourth-order valence-corrected chi connectivity index (χ4v) is 4.57. The Balaban J connectivity index is 1.44. The lowest BCUT2D eigenvalue weighted by atomic mass is 9.84. The number of fused-ring (bicyclic) bond motifs is 1. The van der Waals surface area contributed by atoms with E-state index >= 15 is 0 Å². The SMILES string of the molecule is CN1Cc2c(Cl)cc(Cl)cc2[C@H](c2cccc(NC(=O)NCCOCCOCCOCCN)c2)C1. The van der Waals surface area contributed by atoms with Gasteiger partial charge in [-0.25, -0.2) is 4.79 Å². The third kappa shape index (κ3) is 8.91. The highest BCUT2D eigenvalue weighted by molar-refractivity contribution is 6.35. The smallest absolute Gasteiger partial charge is 0.319 e. The number of carbonyl (C=O) groups excluding carboxylic acids is 1. The van der Waals surface area contributed by atoms with Crippen molar-refractivity contribution in [2.45, 2.75) is 12.5 Å². The predicted octanol–water partition coefficient (Wildman–Crippen LogP) is 3.70. The summed E-state index contributed by atoms with van der Waals surface area (Å²) in [5.74, 6) is 0.104. The Hall–Kier alpha value is -1.91. The van der Waals surface area contributed by atoms with E-state index in [4.69, 9.17) is 43.1 Å². The van der Waals surface area contributed by atoms with E-state index in [-0.39, 0.29) is 11.9 Å². The summed E-state index contributed by atoms with van der Waals surface area (Å²) in [7, 11) is 2.07. The van der Waals surface area contributed by atoms with Crippen LogP contribution < -0.4 is 16.4 Å². The van der Waals surface area contributed by atoms with Crippen molar-refractivity contribution in [1.29, 1.82) is 0 Å². The van der Waals surface area contributed by atoms with Gasteiger partial charge >= 0.3 is 6.03 Å². The first kappa shape index (κ1) is 27.7. The van der Waals surface area contributed by atoms with Gasteiger partial charge < -0.3 is 35.5 Å². The molecule has 0 radical (unpaired) electrons. The van der Waals surface area contributed by atoms with Crippen LogP contribution in [0.25, 0.3) is 0 Å². The second-order valence-corrected chi connectivity index (χ2v) is 9.18. The standard InChI is InChI=1S/C25H34Cl2N4O4/c1-31-16-22(21-14-19(26)15-24(27)23(21)17-31)18-3-2-4-20(13-18)30-25(32)29-6-8-34-10-12-35-11-9-33-7-5-28/h2-4,13-15,22H,5-12,16-17,28H2,1H3,(H2,29,30,32)/t22-/m0/s1. The van der Waals surface area contributed by atoms with Crippen molar-refractivity contribution in [1.82, 2.24) is 10.2 Å². The first-order valence-electron chi connectivity index (χ1n) is 11.7. The van der Waals surface area contributed by atoms with Crippen molar-refractivity contribution in [3.8, 4) is 0 Å². The van der Waals surface area contributed by atoms with Crippen LogP contribution in [0.1, 0.15) is 22.6 Å². The van der Waals surface area contributed by atoms with Crippen LogP contribution in [-0.2, 0) is 20.8 Å². The number of nitrogens with one attached hydrogen (secondary N) is 2. The molecule has 10 heteroatoms. The lowest BCUT2D eigenvalue weighted by Crippen LogP contribution is -2.32. The van der Waals surface area contributed by atoms with Gasteiger partial charge in [-0.3, -0.25) is 0 Å². The van der Waals surface area contributed by atoms with Crippen LogP contribution in [-0.4, -0.2) is 77.3 Å². The third-order valence-corrected chi connectivity index (χ3v) is 6.13. The molecule has 0 aliphatic carbocycles. The third-order valence-electron chi connectivity index (χ3n) is 5.58. The predicted molar refractivity (Wildman–Crippen MR) is 140 cm³/mol. The molecule has 1 atom stereocenters. The average Bonchev–Trinajstić information content (AvgIpc) is 2.83. The molecule has 192 valence electrons. The number of rotatable bonds is 13. The van der Waals surface area contributed by atoms with Crippen LogP contribution >= 0.6 is 23.2 Å². The lowest BCUT2D eigenvalue weighted by Gasteiger charge is -2.33. The molecule has 8 nitrogen and oxygen atoms in total. The fraction of sp³-hybridized carbons (Fsp3) is 0.480. The minimum atomic E-state index is -0.286. The maximum absolute atomic E-state index is 12.3. The van der Waals surface area contributed by atoms with E-state index in [0.29, 0.717) is 68.5 Å². The van der Waals surface area contributed by atoms with Gasteiger partial charge in [0.1, 0.15) is 0 Å². The van der Waals surface area contributed by atoms with Gasteiger partial charge in [-0.2, -0.15) is 0 Å². The van der Waals surface area contributed by atoms with E-state index in [1.807, 2.05) is 24.3 Å². The van der Waals surface area contributed by atoms with Crippen LogP contribution in [0.3, 0.4) is 0 Å². The number of benzene rings is 2. The molecule has 4 N–H and O–H groups in total. The molecule has 0 unspecified atom stereocenters. The van der Waals surface area contributed by atoms with Crippen molar-refractivity contribution in [3.05, 3.63) is 63.1 Å². The Kier molecular flexibility index (Phi) is 11.5. The number of likely N-dealkylation sites (N-methyl/N-ethyl adjacent to an activating group) is 1. The number of anilines is 1. The van der Waals surface area contributed by atoms with Crippen molar-refractivity contribution < 1.29 is 19.0 Å². The van der Waals surface area contributed by atoms with Crippen molar-refractivity contribution >= 4 is 34.9 Å². The molecule has 0 fully saturated rings. The molecule has 0 aromatic heterocycles. The second-order valence-electron chi connectivity index (χ2n) is 8.34. The van der Waals surface area contributed by atoms with Crippen LogP contribution in [0, 0.1) is 0 Å². The number of hydrogen-bond acceptors (Lipinski definition) is 6. The van der Waals surface area contributed by atoms with E-state index in [1.54, 1.807) is 6.07 Å². The number of ether oxygens (including phenoxy) is 3. The highest BCUT2D eigenvalue weighted by Gasteiger charge is 2.27. The zero-order chi connectivity index (χ0) is 25.0. The lowest BCUT2D eigenvalue weighted by molar-refractivity contribution is 0.0169. The Morgan fingerprint density at radius 3 is 2.51 bits per heavy atom. The molecule has 0 saturated carbocycles. The molecular weight excluding hydrogens is 491 g/mol. The van der Waals surface area contributed by atoms with Gasteiger partial charge in [0, 0.05) is 47.8 Å². The number of urea groups is 1. The van der Waals surface area contributed by atoms with E-state index < -0.39 is 0 Å². The van der Waals surface area contributed by atoms with E-state index in [2.05, 4.69) is 28.6 Å². The highest BCUT2D eigenvalue weighted by Crippen LogP contribution is 2.38. The molecule has 1 heterocycles. The van der Waals surface area contributed by atoms with Gasteiger partial charge in [0.25, 0.3) is 0 Å². The Morgan fingerprint density at radius 1 is 1.06 bits per heavy atom. The number of nitrogens with zero attached hydrogens (tertiary/aromatic N) is 1. The quantitative estimate of drug-likeness (QED) is 0.345. The topological polar surface area (TPSA) is 98.1 Å². The van der Waals surface area contributed by atoms with Gasteiger partial charge in [0.15, 0.2) is 0 Å². The summed E-state index contributed by atoms with van der Waals surface area (Å²) in [4.78, 5) is 14.6. The summed E-state index contributed by atoms with van der Waals surface area (Å²) in [6, 6.07) is 11.4. The molecule has 1 aliphatic heterocycles. The first-order chi connectivity index (χ1) is 17.0. The summed E-state index contributed by atoms with van der Waals surface area (Å²) >= 11 is 12.8. The molecular formula is C25H34Cl2N4O4. The average molecular weight is 525 g/mol. The zero-order valence-corrected chi connectivity index (χ0v) is 21.5. The van der Waals surface area contributed by atoms with E-state index in [9.17, 15) is 4.79 Å². The Bertz CT molecular complexity index is 963. The van der Waals surface area contributed by atoms with Crippen LogP contribution in [0.4, 0.5) is 10.5 Å². The molecule has 3 rings (SSSR count). The Morgan fingerprint density at radius 2 is 1.77 bits per heavy atom. The summed E-state index contributed by atoms with van der Waals surface area (Å²) < 4.78 is 16.1. The number of nitrogens with two attached hydrogens (primary N) is 1. The van der Waals surface area contributed by atoms with Gasteiger partial charge in [-0.1, -0.05) is 35.3 Å². The summed E-state index contributed by atoms with van der Waals surface area (Å²) in [5, 5.41) is 7.01. The number of carbonyl (C=O) groups is 1. The van der Waals surface area contributed by atoms with Gasteiger partial charge in [-0.05, 0) is 48.0 Å². The largest absolute Gasteiger partial charge is 0.378 e. The van der Waals surface area contributed by atoms with Gasteiger partial charge in [0.2, 0.25) is 0 Å². The molecule has 2 aromatic carbocycles. The van der Waals surface area contributed by atoms with Crippen molar-refractivity contribution in [2.24, 2.45) is 5.73 Å². The molecule has 0 bridgehead atoms. The molecule has 1 aliphatic rings. The maximum atomic E-state index is 12.3. The number of halogens is 2. The monoisotopic (exact) mass is 524 g/mol. The normalized spacial score (nSPS) is 15.6. The minimum Gasteiger partial charge on any atom is -0.378 e. The molecule has 35 heavy (non-hydrogen) atoms. The fourth-order valence-electron chi connectivity index (χ4n) is 4.00. The zero-order valence-electron chi connectivity index (χ0n) is 20.0. The van der Waals surface area contributed by atoms with Crippen LogP contribution in [0.2, 0.25) is 10.0 Å². The molecule has 0 saturated heterocycles. The van der Waals surface area contributed by atoms with Crippen molar-refractivity contribution in [2.75, 3.05) is 71.6 Å². The molecule has 0 spiro atoms. The van der Waals surface area contributed by atoms with Crippen LogP contribution in [0.15, 0.2) is 36.4 Å². The summed E-state index contributed by atoms with van der Waals surface area (Å²) in [6.45, 7) is 5.39. The van der Waals surface area contributed by atoms with E-state index in [1.165, 1.54) is 0 Å². The molecule has 2 amide bonds. The van der Waals surface area contributed by atoms with E-state index in [0.717, 1.165) is 29.8 Å². The molecule has 2 aromatic rings. The number of amides is 2. The highest BCUT2D eigenvalue weighted by atomic mass is 35.5.